The third kappa shape index (κ3) is 2.69. The molecule has 0 radical (unpaired) electrons. The molecule has 3 rings (SSSR count). The van der Waals surface area contributed by atoms with Crippen molar-refractivity contribution in [3.05, 3.63) is 11.8 Å². The van der Waals surface area contributed by atoms with E-state index in [9.17, 15) is 9.59 Å². The number of aryl methyl sites for hydroxylation is 1. The summed E-state index contributed by atoms with van der Waals surface area (Å²) in [5, 5.41) is 6.95. The summed E-state index contributed by atoms with van der Waals surface area (Å²) in [6, 6.07) is 1.70. The molecule has 0 saturated heterocycles. The minimum Gasteiger partial charge on any atom is -0.375 e. The topological polar surface area (TPSA) is 97.9 Å². The van der Waals surface area contributed by atoms with Crippen molar-refractivity contribution in [1.29, 1.82) is 0 Å². The molecule has 1 aromatic rings. The summed E-state index contributed by atoms with van der Waals surface area (Å²) in [5.74, 6) is -0.0320. The third-order valence-corrected chi connectivity index (χ3v) is 3.64. The lowest BCUT2D eigenvalue weighted by Gasteiger charge is -2.15. The Morgan fingerprint density at radius 3 is 3.09 bits per heavy atom. The van der Waals surface area contributed by atoms with Gasteiger partial charge in [-0.25, -0.2) is 4.99 Å². The average molecular weight is 303 g/mol. The van der Waals surface area contributed by atoms with Gasteiger partial charge in [-0.1, -0.05) is 0 Å². The minimum absolute atomic E-state index is 0.0633. The number of rotatable bonds is 3. The van der Waals surface area contributed by atoms with Crippen molar-refractivity contribution in [3.8, 4) is 0 Å². The smallest absolute Gasteiger partial charge is 0.257 e. The molecule has 116 valence electrons. The molecule has 1 N–H and O–H groups in total. The Morgan fingerprint density at radius 1 is 1.50 bits per heavy atom. The van der Waals surface area contributed by atoms with Crippen molar-refractivity contribution in [1.82, 2.24) is 9.78 Å². The maximum atomic E-state index is 12.1. The van der Waals surface area contributed by atoms with Crippen LogP contribution < -0.4 is 5.32 Å². The molecule has 1 unspecified atom stereocenters. The first kappa shape index (κ1) is 14.6. The summed E-state index contributed by atoms with van der Waals surface area (Å²) in [4.78, 5) is 32.3. The van der Waals surface area contributed by atoms with Crippen molar-refractivity contribution in [2.24, 2.45) is 15.9 Å². The van der Waals surface area contributed by atoms with Crippen LogP contribution in [0.1, 0.15) is 25.0 Å². The lowest BCUT2D eigenvalue weighted by Crippen LogP contribution is -2.29. The minimum atomic E-state index is -0.308. The van der Waals surface area contributed by atoms with Gasteiger partial charge < -0.3 is 10.1 Å². The predicted octanol–water partition coefficient (Wildman–Crippen LogP) is 0.762. The Hall–Kier alpha value is -2.35. The number of fused-ring (bicyclic) bond motifs is 1. The molecule has 8 nitrogen and oxygen atoms in total. The SMILES string of the molecule is COCC(=O)Nc1cc(C)nn1C1=NC(=O)C2CCCC2=N1. The summed E-state index contributed by atoms with van der Waals surface area (Å²) in [6.45, 7) is 1.73. The first-order valence-corrected chi connectivity index (χ1v) is 7.14. The van der Waals surface area contributed by atoms with E-state index in [0.29, 0.717) is 11.5 Å². The van der Waals surface area contributed by atoms with Crippen LogP contribution in [-0.4, -0.2) is 47.0 Å². The van der Waals surface area contributed by atoms with E-state index in [1.54, 1.807) is 13.0 Å². The van der Waals surface area contributed by atoms with Gasteiger partial charge in [0.05, 0.1) is 11.6 Å². The molecule has 22 heavy (non-hydrogen) atoms. The average Bonchev–Trinajstić information content (AvgIpc) is 3.05. The van der Waals surface area contributed by atoms with Crippen LogP contribution in [0.25, 0.3) is 0 Å². The van der Waals surface area contributed by atoms with Crippen molar-refractivity contribution < 1.29 is 14.3 Å². The highest BCUT2D eigenvalue weighted by Crippen LogP contribution is 2.27. The lowest BCUT2D eigenvalue weighted by atomic mass is 10.1. The molecule has 0 spiro atoms. The van der Waals surface area contributed by atoms with E-state index in [4.69, 9.17) is 4.74 Å². The van der Waals surface area contributed by atoms with E-state index in [0.717, 1.165) is 25.0 Å². The van der Waals surface area contributed by atoms with Crippen molar-refractivity contribution in [3.63, 3.8) is 0 Å². The maximum absolute atomic E-state index is 12.1. The van der Waals surface area contributed by atoms with Crippen LogP contribution in [0.15, 0.2) is 16.1 Å². The fourth-order valence-electron chi connectivity index (χ4n) is 2.70. The number of ether oxygens (including phenoxy) is 1. The van der Waals surface area contributed by atoms with Gasteiger partial charge in [-0.2, -0.15) is 14.8 Å². The second kappa shape index (κ2) is 5.80. The van der Waals surface area contributed by atoms with Gasteiger partial charge in [0.25, 0.3) is 17.8 Å². The van der Waals surface area contributed by atoms with Crippen molar-refractivity contribution >= 4 is 29.3 Å². The Kier molecular flexibility index (Phi) is 3.84. The number of hydrogen-bond donors (Lipinski definition) is 1. The molecular weight excluding hydrogens is 286 g/mol. The van der Waals surface area contributed by atoms with Crippen LogP contribution in [0.4, 0.5) is 5.82 Å². The summed E-state index contributed by atoms with van der Waals surface area (Å²) < 4.78 is 6.18. The molecule has 0 aromatic carbocycles. The number of carbonyl (C=O) groups is 2. The Bertz CT molecular complexity index is 689. The molecule has 1 aliphatic carbocycles. The van der Waals surface area contributed by atoms with Crippen molar-refractivity contribution in [2.75, 3.05) is 19.0 Å². The second-order valence-corrected chi connectivity index (χ2v) is 5.36. The highest BCUT2D eigenvalue weighted by molar-refractivity contribution is 6.17. The number of aliphatic imine (C=N–C) groups is 2. The van der Waals surface area contributed by atoms with E-state index in [1.165, 1.54) is 11.8 Å². The quantitative estimate of drug-likeness (QED) is 0.891. The van der Waals surface area contributed by atoms with E-state index >= 15 is 0 Å². The van der Waals surface area contributed by atoms with Crippen LogP contribution in [0, 0.1) is 12.8 Å². The zero-order valence-electron chi connectivity index (χ0n) is 12.5. The summed E-state index contributed by atoms with van der Waals surface area (Å²) in [6.07, 6.45) is 2.57. The largest absolute Gasteiger partial charge is 0.375 e. The van der Waals surface area contributed by atoms with Gasteiger partial charge in [-0.15, -0.1) is 0 Å². The van der Waals surface area contributed by atoms with E-state index in [-0.39, 0.29) is 30.3 Å². The zero-order chi connectivity index (χ0) is 15.7. The van der Waals surface area contributed by atoms with E-state index in [2.05, 4.69) is 20.4 Å². The lowest BCUT2D eigenvalue weighted by molar-refractivity contribution is -0.120. The number of nitrogens with zero attached hydrogens (tertiary/aromatic N) is 4. The molecule has 1 atom stereocenters. The van der Waals surface area contributed by atoms with Gasteiger partial charge in [0.1, 0.15) is 12.4 Å². The Labute approximate surface area is 127 Å². The third-order valence-electron chi connectivity index (χ3n) is 3.64. The first-order chi connectivity index (χ1) is 10.6. The molecule has 1 saturated carbocycles. The Balaban J connectivity index is 1.92. The van der Waals surface area contributed by atoms with Crippen LogP contribution in [0.5, 0.6) is 0 Å². The molecule has 1 aromatic heterocycles. The highest BCUT2D eigenvalue weighted by atomic mass is 16.5. The van der Waals surface area contributed by atoms with Gasteiger partial charge in [-0.05, 0) is 26.2 Å². The predicted molar refractivity (Wildman–Crippen MR) is 80.1 cm³/mol. The molecule has 2 heterocycles. The first-order valence-electron chi connectivity index (χ1n) is 7.14. The number of methoxy groups -OCH3 is 1. The van der Waals surface area contributed by atoms with Crippen LogP contribution in [-0.2, 0) is 14.3 Å². The van der Waals surface area contributed by atoms with E-state index in [1.807, 2.05) is 0 Å². The molecule has 0 bridgehead atoms. The fourth-order valence-corrected chi connectivity index (χ4v) is 2.70. The van der Waals surface area contributed by atoms with Gasteiger partial charge in [0, 0.05) is 18.9 Å². The van der Waals surface area contributed by atoms with Gasteiger partial charge in [0.15, 0.2) is 0 Å². The number of hydrogen-bond acceptors (Lipinski definition) is 5. The Morgan fingerprint density at radius 2 is 2.32 bits per heavy atom. The van der Waals surface area contributed by atoms with Gasteiger partial charge >= 0.3 is 0 Å². The fraction of sp³-hybridized carbons (Fsp3) is 0.500. The van der Waals surface area contributed by atoms with Crippen molar-refractivity contribution in [2.45, 2.75) is 26.2 Å². The summed E-state index contributed by atoms with van der Waals surface area (Å²) >= 11 is 0. The highest BCUT2D eigenvalue weighted by Gasteiger charge is 2.33. The summed E-state index contributed by atoms with van der Waals surface area (Å²) in [7, 11) is 1.44. The standard InChI is InChI=1S/C14H17N5O3/c1-8-6-11(16-12(20)7-22-2)19(18-8)14-15-10-5-3-4-9(10)13(21)17-14/h6,9H,3-5,7H2,1-2H3,(H,16,20). The molecule has 8 heteroatoms. The summed E-state index contributed by atoms with van der Waals surface area (Å²) in [5.41, 5.74) is 1.55. The number of amides is 2. The van der Waals surface area contributed by atoms with Gasteiger partial charge in [0.2, 0.25) is 0 Å². The normalized spacial score (nSPS) is 20.5. The monoisotopic (exact) mass is 303 g/mol. The zero-order valence-corrected chi connectivity index (χ0v) is 12.5. The molecular formula is C14H17N5O3. The second-order valence-electron chi connectivity index (χ2n) is 5.36. The van der Waals surface area contributed by atoms with Gasteiger partial charge in [-0.3, -0.25) is 9.59 Å². The van der Waals surface area contributed by atoms with E-state index < -0.39 is 0 Å². The number of aromatic nitrogens is 2. The maximum Gasteiger partial charge on any atom is 0.257 e. The number of anilines is 1. The number of carbonyl (C=O) groups excluding carboxylic acids is 2. The number of nitrogens with one attached hydrogen (secondary N) is 1. The van der Waals surface area contributed by atoms with Crippen LogP contribution >= 0.6 is 0 Å². The molecule has 1 aliphatic heterocycles. The van der Waals surface area contributed by atoms with Crippen LogP contribution in [0.2, 0.25) is 0 Å². The molecule has 1 fully saturated rings. The van der Waals surface area contributed by atoms with Crippen LogP contribution in [0.3, 0.4) is 0 Å². The molecule has 2 amide bonds. The molecule has 2 aliphatic rings.